The molecule has 0 saturated carbocycles. The predicted molar refractivity (Wildman–Crippen MR) is 91.7 cm³/mol. The number of para-hydroxylation sites is 1. The zero-order valence-electron chi connectivity index (χ0n) is 13.2. The number of fused-ring (bicyclic) bond motifs is 4. The highest BCUT2D eigenvalue weighted by atomic mass is 19.2. The van der Waals surface area contributed by atoms with Gasteiger partial charge in [0.2, 0.25) is 0 Å². The van der Waals surface area contributed by atoms with E-state index < -0.39 is 23.2 Å². The highest BCUT2D eigenvalue weighted by Crippen LogP contribution is 2.44. The van der Waals surface area contributed by atoms with Crippen molar-refractivity contribution in [3.05, 3.63) is 87.4 Å². The molecular formula is C19H11F2N3O2. The molecule has 0 radical (unpaired) electrons. The summed E-state index contributed by atoms with van der Waals surface area (Å²) in [5.74, 6) is -1.95. The highest BCUT2D eigenvalue weighted by molar-refractivity contribution is 5.95. The molecule has 1 atom stereocenters. The van der Waals surface area contributed by atoms with Crippen molar-refractivity contribution < 1.29 is 13.2 Å². The smallest absolute Gasteiger partial charge is 0.342 e. The lowest BCUT2D eigenvalue weighted by atomic mass is 9.83. The fourth-order valence-corrected chi connectivity index (χ4v) is 3.49. The van der Waals surface area contributed by atoms with Crippen molar-refractivity contribution in [2.45, 2.75) is 5.92 Å². The average Bonchev–Trinajstić information content (AvgIpc) is 3.11. The van der Waals surface area contributed by atoms with Gasteiger partial charge in [-0.2, -0.15) is 5.10 Å². The summed E-state index contributed by atoms with van der Waals surface area (Å²) in [5.41, 5.74) is 1.92. The highest BCUT2D eigenvalue weighted by Gasteiger charge is 2.33. The first-order valence-electron chi connectivity index (χ1n) is 7.94. The van der Waals surface area contributed by atoms with E-state index in [1.807, 2.05) is 12.1 Å². The number of nitrogens with zero attached hydrogens (tertiary/aromatic N) is 1. The molecule has 7 heteroatoms. The van der Waals surface area contributed by atoms with Gasteiger partial charge >= 0.3 is 5.63 Å². The molecule has 5 rings (SSSR count). The first-order chi connectivity index (χ1) is 12.6. The van der Waals surface area contributed by atoms with E-state index in [4.69, 9.17) is 4.42 Å². The number of rotatable bonds is 1. The van der Waals surface area contributed by atoms with Crippen LogP contribution in [0.2, 0.25) is 0 Å². The van der Waals surface area contributed by atoms with E-state index in [9.17, 15) is 13.6 Å². The van der Waals surface area contributed by atoms with E-state index in [2.05, 4.69) is 15.5 Å². The van der Waals surface area contributed by atoms with Crippen LogP contribution in [0.15, 0.2) is 57.9 Å². The maximum atomic E-state index is 13.9. The summed E-state index contributed by atoms with van der Waals surface area (Å²) < 4.78 is 32.7. The Labute approximate surface area is 145 Å². The zero-order chi connectivity index (χ0) is 17.8. The van der Waals surface area contributed by atoms with Gasteiger partial charge in [-0.3, -0.25) is 5.10 Å². The van der Waals surface area contributed by atoms with Crippen LogP contribution in [-0.4, -0.2) is 10.2 Å². The topological polar surface area (TPSA) is 70.9 Å². The molecule has 128 valence electrons. The first kappa shape index (κ1) is 14.8. The molecule has 5 nitrogen and oxygen atoms in total. The third kappa shape index (κ3) is 2.00. The van der Waals surface area contributed by atoms with Crippen LogP contribution < -0.4 is 10.9 Å². The zero-order valence-corrected chi connectivity index (χ0v) is 13.2. The number of H-pyrrole nitrogens is 1. The fourth-order valence-electron chi connectivity index (χ4n) is 3.49. The maximum Gasteiger partial charge on any atom is 0.342 e. The Hall–Kier alpha value is -3.48. The lowest BCUT2D eigenvalue weighted by Gasteiger charge is -2.26. The predicted octanol–water partition coefficient (Wildman–Crippen LogP) is 4.03. The molecule has 2 aromatic heterocycles. The number of hydrogen-bond acceptors (Lipinski definition) is 4. The number of aromatic amines is 1. The summed E-state index contributed by atoms with van der Waals surface area (Å²) in [6.07, 6.45) is 1.56. The third-order valence-corrected chi connectivity index (χ3v) is 4.64. The molecule has 2 aromatic carbocycles. The van der Waals surface area contributed by atoms with Crippen molar-refractivity contribution in [2.24, 2.45) is 0 Å². The third-order valence-electron chi connectivity index (χ3n) is 4.64. The number of nitrogens with one attached hydrogen (secondary N) is 2. The van der Waals surface area contributed by atoms with Gasteiger partial charge < -0.3 is 9.73 Å². The minimum absolute atomic E-state index is 0.337. The second-order valence-corrected chi connectivity index (χ2v) is 6.11. The van der Waals surface area contributed by atoms with Crippen LogP contribution in [0.5, 0.6) is 0 Å². The van der Waals surface area contributed by atoms with Crippen LogP contribution in [0.25, 0.3) is 11.0 Å². The molecule has 0 fully saturated rings. The molecule has 4 aromatic rings. The standard InChI is InChI=1S/C19H11F2N3O2/c20-12-6-5-9(7-13(12)21)15-11-8-22-24-18(11)23-17-10-3-1-2-4-14(10)26-19(25)16(15)17/h1-8,15H,(H2,22,23,24)/t15-/m1/s1. The SMILES string of the molecule is O=c1oc2ccccc2c2c1[C@H](c1ccc(F)c(F)c1)c1cn[nH]c1N2. The Morgan fingerprint density at radius 2 is 1.92 bits per heavy atom. The molecule has 26 heavy (non-hydrogen) atoms. The summed E-state index contributed by atoms with van der Waals surface area (Å²) in [7, 11) is 0. The monoisotopic (exact) mass is 351 g/mol. The van der Waals surface area contributed by atoms with Gasteiger partial charge in [-0.1, -0.05) is 18.2 Å². The summed E-state index contributed by atoms with van der Waals surface area (Å²) >= 11 is 0. The lowest BCUT2D eigenvalue weighted by Crippen LogP contribution is -2.22. The van der Waals surface area contributed by atoms with E-state index >= 15 is 0 Å². The first-order valence-corrected chi connectivity index (χ1v) is 7.94. The lowest BCUT2D eigenvalue weighted by molar-refractivity contribution is 0.506. The Morgan fingerprint density at radius 3 is 2.77 bits per heavy atom. The molecule has 2 N–H and O–H groups in total. The van der Waals surface area contributed by atoms with Gasteiger partial charge in [0.25, 0.3) is 0 Å². The largest absolute Gasteiger partial charge is 0.422 e. The Morgan fingerprint density at radius 1 is 1.08 bits per heavy atom. The van der Waals surface area contributed by atoms with Gasteiger partial charge in [0, 0.05) is 16.9 Å². The number of benzene rings is 2. The van der Waals surface area contributed by atoms with Gasteiger partial charge in [0.1, 0.15) is 11.4 Å². The summed E-state index contributed by atoms with van der Waals surface area (Å²) in [4.78, 5) is 12.7. The van der Waals surface area contributed by atoms with E-state index in [0.29, 0.717) is 33.8 Å². The quantitative estimate of drug-likeness (QED) is 0.447. The van der Waals surface area contributed by atoms with Gasteiger partial charge in [-0.25, -0.2) is 13.6 Å². The minimum Gasteiger partial charge on any atom is -0.422 e. The van der Waals surface area contributed by atoms with Crippen LogP contribution in [0.1, 0.15) is 22.6 Å². The van der Waals surface area contributed by atoms with Crippen molar-refractivity contribution in [3.8, 4) is 0 Å². The van der Waals surface area contributed by atoms with Crippen LogP contribution in [0, 0.1) is 11.6 Å². The molecule has 0 amide bonds. The van der Waals surface area contributed by atoms with Crippen LogP contribution in [-0.2, 0) is 0 Å². The molecule has 0 aliphatic carbocycles. The average molecular weight is 351 g/mol. The van der Waals surface area contributed by atoms with Crippen molar-refractivity contribution in [2.75, 3.05) is 5.32 Å². The van der Waals surface area contributed by atoms with Crippen LogP contribution >= 0.6 is 0 Å². The minimum atomic E-state index is -0.974. The normalized spacial score (nSPS) is 15.4. The summed E-state index contributed by atoms with van der Waals surface area (Å²) in [6.45, 7) is 0. The second kappa shape index (κ2) is 5.26. The molecular weight excluding hydrogens is 340 g/mol. The molecule has 1 aliphatic heterocycles. The number of halogens is 2. The molecule has 0 unspecified atom stereocenters. The van der Waals surface area contributed by atoms with E-state index in [1.54, 1.807) is 18.3 Å². The van der Waals surface area contributed by atoms with E-state index in [1.165, 1.54) is 6.07 Å². The summed E-state index contributed by atoms with van der Waals surface area (Å²) in [6, 6.07) is 10.7. The van der Waals surface area contributed by atoms with Crippen LogP contribution in [0.3, 0.4) is 0 Å². The number of aromatic nitrogens is 2. The summed E-state index contributed by atoms with van der Waals surface area (Å²) in [5, 5.41) is 10.8. The van der Waals surface area contributed by atoms with Crippen molar-refractivity contribution >= 4 is 22.5 Å². The van der Waals surface area contributed by atoms with Crippen molar-refractivity contribution in [3.63, 3.8) is 0 Å². The van der Waals surface area contributed by atoms with Crippen LogP contribution in [0.4, 0.5) is 20.3 Å². The van der Waals surface area contributed by atoms with Crippen molar-refractivity contribution in [1.82, 2.24) is 10.2 Å². The Kier molecular flexibility index (Phi) is 3.00. The molecule has 0 bridgehead atoms. The second-order valence-electron chi connectivity index (χ2n) is 6.11. The van der Waals surface area contributed by atoms with E-state index in [0.717, 1.165) is 17.5 Å². The Balaban J connectivity index is 1.86. The van der Waals surface area contributed by atoms with E-state index in [-0.39, 0.29) is 0 Å². The van der Waals surface area contributed by atoms with Crippen molar-refractivity contribution in [1.29, 1.82) is 0 Å². The van der Waals surface area contributed by atoms with Gasteiger partial charge in [-0.05, 0) is 29.8 Å². The van der Waals surface area contributed by atoms with Gasteiger partial charge in [-0.15, -0.1) is 0 Å². The molecule has 0 spiro atoms. The van der Waals surface area contributed by atoms with Gasteiger partial charge in [0.05, 0.1) is 17.4 Å². The maximum absolute atomic E-state index is 13.9. The Bertz CT molecular complexity index is 1230. The molecule has 1 aliphatic rings. The number of anilines is 2. The molecule has 3 heterocycles. The fraction of sp³-hybridized carbons (Fsp3) is 0.0526. The molecule has 0 saturated heterocycles. The number of hydrogen-bond donors (Lipinski definition) is 2. The van der Waals surface area contributed by atoms with Gasteiger partial charge in [0.15, 0.2) is 11.6 Å².